The van der Waals surface area contributed by atoms with Gasteiger partial charge in [-0.1, -0.05) is 0 Å². The fourth-order valence-electron chi connectivity index (χ4n) is 1.41. The lowest BCUT2D eigenvalue weighted by Crippen LogP contribution is -2.25. The van der Waals surface area contributed by atoms with E-state index in [9.17, 15) is 9.59 Å². The molecular formula is C8H7NO4. The van der Waals surface area contributed by atoms with E-state index in [2.05, 4.69) is 5.32 Å². The Labute approximate surface area is 73.3 Å². The zero-order valence-electron chi connectivity index (χ0n) is 6.83. The molecule has 2 N–H and O–H groups in total. The van der Waals surface area contributed by atoms with Crippen LogP contribution in [0.1, 0.15) is 27.7 Å². The van der Waals surface area contributed by atoms with Gasteiger partial charge in [0, 0.05) is 5.56 Å². The van der Waals surface area contributed by atoms with Crippen LogP contribution >= 0.6 is 0 Å². The zero-order chi connectivity index (χ0) is 9.59. The summed E-state index contributed by atoms with van der Waals surface area (Å²) in [6.07, 6.45) is 1.39. The second-order valence-corrected chi connectivity index (χ2v) is 2.90. The van der Waals surface area contributed by atoms with Crippen LogP contribution in [0.3, 0.4) is 0 Å². The predicted molar refractivity (Wildman–Crippen MR) is 41.3 cm³/mol. The number of hydrogen-bond acceptors (Lipinski definition) is 3. The number of hydrogen-bond donors (Lipinski definition) is 2. The molecule has 0 bridgehead atoms. The highest BCUT2D eigenvalue weighted by molar-refractivity contribution is 6.03. The number of fused-ring (bicyclic) bond motifs is 1. The summed E-state index contributed by atoms with van der Waals surface area (Å²) in [5, 5.41) is 11.0. The number of nitrogens with one attached hydrogen (secondary N) is 1. The van der Waals surface area contributed by atoms with Gasteiger partial charge >= 0.3 is 5.97 Å². The fourth-order valence-corrected chi connectivity index (χ4v) is 1.41. The predicted octanol–water partition coefficient (Wildman–Crippen LogP) is 0.457. The molecule has 1 amide bonds. The summed E-state index contributed by atoms with van der Waals surface area (Å²) in [4.78, 5) is 21.9. The summed E-state index contributed by atoms with van der Waals surface area (Å²) in [5.41, 5.74) is 1.02. The van der Waals surface area contributed by atoms with Gasteiger partial charge in [-0.2, -0.15) is 0 Å². The van der Waals surface area contributed by atoms with Gasteiger partial charge in [0.25, 0.3) is 5.91 Å². The van der Waals surface area contributed by atoms with Crippen molar-refractivity contribution in [1.82, 2.24) is 5.32 Å². The first kappa shape index (κ1) is 7.85. The van der Waals surface area contributed by atoms with Gasteiger partial charge in [0.2, 0.25) is 0 Å². The molecule has 0 saturated heterocycles. The summed E-state index contributed by atoms with van der Waals surface area (Å²) in [5.74, 6) is -1.29. The van der Waals surface area contributed by atoms with E-state index in [1.165, 1.54) is 6.26 Å². The number of carbonyl (C=O) groups is 2. The van der Waals surface area contributed by atoms with Gasteiger partial charge in [0.05, 0.1) is 11.8 Å². The quantitative estimate of drug-likeness (QED) is 0.659. The second-order valence-electron chi connectivity index (χ2n) is 2.90. The third kappa shape index (κ3) is 0.932. The van der Waals surface area contributed by atoms with Crippen molar-refractivity contribution in [3.63, 3.8) is 0 Å². The van der Waals surface area contributed by atoms with Crippen LogP contribution < -0.4 is 5.32 Å². The van der Waals surface area contributed by atoms with E-state index in [4.69, 9.17) is 9.52 Å². The number of furan rings is 1. The van der Waals surface area contributed by atoms with Crippen molar-refractivity contribution in [1.29, 1.82) is 0 Å². The highest BCUT2D eigenvalue weighted by Gasteiger charge is 2.38. The Morgan fingerprint density at radius 2 is 2.38 bits per heavy atom. The molecular weight excluding hydrogens is 174 g/mol. The molecule has 0 radical (unpaired) electrons. The molecule has 1 aliphatic rings. The molecule has 2 heterocycles. The standard InChI is InChI=1S/C8H7NO4/c1-3-2-13-6-4(3)7(10)9-5(6)8(11)12/h2,5H,1H3,(H,9,10)(H,11,12). The Kier molecular flexibility index (Phi) is 1.42. The van der Waals surface area contributed by atoms with Crippen LogP contribution in [0.5, 0.6) is 0 Å². The maximum atomic E-state index is 11.2. The Bertz CT molecular complexity index is 393. The maximum Gasteiger partial charge on any atom is 0.334 e. The molecule has 1 aromatic heterocycles. The van der Waals surface area contributed by atoms with Crippen LogP contribution in [-0.2, 0) is 4.79 Å². The molecule has 68 valence electrons. The lowest BCUT2D eigenvalue weighted by molar-refractivity contribution is -0.139. The summed E-state index contributed by atoms with van der Waals surface area (Å²) in [6, 6.07) is -1.03. The molecule has 1 aliphatic heterocycles. The Hall–Kier alpha value is -1.78. The zero-order valence-corrected chi connectivity index (χ0v) is 6.83. The minimum atomic E-state index is -1.11. The number of carboxylic acids is 1. The highest BCUT2D eigenvalue weighted by atomic mass is 16.4. The van der Waals surface area contributed by atoms with Crippen LogP contribution in [0.4, 0.5) is 0 Å². The molecule has 1 unspecified atom stereocenters. The first-order valence-corrected chi connectivity index (χ1v) is 3.73. The van der Waals surface area contributed by atoms with Crippen LogP contribution in [-0.4, -0.2) is 17.0 Å². The number of rotatable bonds is 1. The molecule has 0 fully saturated rings. The maximum absolute atomic E-state index is 11.2. The normalized spacial score (nSPS) is 19.8. The van der Waals surface area contributed by atoms with Gasteiger partial charge < -0.3 is 14.8 Å². The van der Waals surface area contributed by atoms with Gasteiger partial charge in [0.1, 0.15) is 0 Å². The average molecular weight is 181 g/mol. The van der Waals surface area contributed by atoms with E-state index in [1.807, 2.05) is 0 Å². The smallest absolute Gasteiger partial charge is 0.334 e. The summed E-state index contributed by atoms with van der Waals surface area (Å²) in [6.45, 7) is 1.70. The van der Waals surface area contributed by atoms with Crippen LogP contribution in [0, 0.1) is 6.92 Å². The van der Waals surface area contributed by atoms with Crippen molar-refractivity contribution in [2.75, 3.05) is 0 Å². The summed E-state index contributed by atoms with van der Waals surface area (Å²) in [7, 11) is 0. The number of aliphatic carboxylic acids is 1. The van der Waals surface area contributed by atoms with Gasteiger partial charge in [0.15, 0.2) is 11.8 Å². The van der Waals surface area contributed by atoms with E-state index in [0.717, 1.165) is 0 Å². The number of amides is 1. The molecule has 13 heavy (non-hydrogen) atoms. The first-order valence-electron chi connectivity index (χ1n) is 3.73. The van der Waals surface area contributed by atoms with E-state index in [0.29, 0.717) is 11.1 Å². The van der Waals surface area contributed by atoms with Crippen molar-refractivity contribution >= 4 is 11.9 Å². The van der Waals surface area contributed by atoms with Gasteiger partial charge in [-0.3, -0.25) is 4.79 Å². The molecule has 2 rings (SSSR count). The van der Waals surface area contributed by atoms with Crippen LogP contribution in [0.2, 0.25) is 0 Å². The molecule has 1 aromatic rings. The van der Waals surface area contributed by atoms with Crippen molar-refractivity contribution in [2.45, 2.75) is 13.0 Å². The summed E-state index contributed by atoms with van der Waals surface area (Å²) < 4.78 is 4.99. The molecule has 0 aliphatic carbocycles. The molecule has 5 nitrogen and oxygen atoms in total. The average Bonchev–Trinajstić information content (AvgIpc) is 2.55. The molecule has 5 heteroatoms. The van der Waals surface area contributed by atoms with E-state index < -0.39 is 12.0 Å². The van der Waals surface area contributed by atoms with E-state index >= 15 is 0 Å². The van der Waals surface area contributed by atoms with E-state index in [-0.39, 0.29) is 11.7 Å². The Morgan fingerprint density at radius 3 is 3.00 bits per heavy atom. The first-order chi connectivity index (χ1) is 6.11. The van der Waals surface area contributed by atoms with Gasteiger partial charge in [-0.05, 0) is 6.92 Å². The van der Waals surface area contributed by atoms with Crippen molar-refractivity contribution in [2.24, 2.45) is 0 Å². The van der Waals surface area contributed by atoms with Crippen molar-refractivity contribution < 1.29 is 19.1 Å². The van der Waals surface area contributed by atoms with Crippen molar-refractivity contribution in [3.8, 4) is 0 Å². The Morgan fingerprint density at radius 1 is 1.69 bits per heavy atom. The lowest BCUT2D eigenvalue weighted by atomic mass is 10.1. The third-order valence-electron chi connectivity index (χ3n) is 2.02. The molecule has 1 atom stereocenters. The minimum Gasteiger partial charge on any atom is -0.479 e. The Balaban J connectivity index is 2.54. The van der Waals surface area contributed by atoms with E-state index in [1.54, 1.807) is 6.92 Å². The van der Waals surface area contributed by atoms with Gasteiger partial charge in [-0.25, -0.2) is 4.79 Å². The molecule has 0 spiro atoms. The highest BCUT2D eigenvalue weighted by Crippen LogP contribution is 2.29. The lowest BCUT2D eigenvalue weighted by Gasteiger charge is -2.01. The molecule has 0 saturated carbocycles. The third-order valence-corrected chi connectivity index (χ3v) is 2.02. The van der Waals surface area contributed by atoms with Crippen molar-refractivity contribution in [3.05, 3.63) is 23.2 Å². The van der Waals surface area contributed by atoms with Crippen LogP contribution in [0.15, 0.2) is 10.7 Å². The number of aryl methyl sites for hydroxylation is 1. The molecule has 0 aromatic carbocycles. The SMILES string of the molecule is Cc1coc2c1C(=O)NC2C(=O)O. The summed E-state index contributed by atoms with van der Waals surface area (Å²) >= 11 is 0. The topological polar surface area (TPSA) is 79.5 Å². The number of carbonyl (C=O) groups excluding carboxylic acids is 1. The monoisotopic (exact) mass is 181 g/mol. The van der Waals surface area contributed by atoms with Crippen LogP contribution in [0.25, 0.3) is 0 Å². The second kappa shape index (κ2) is 2.35. The fraction of sp³-hybridized carbons (Fsp3) is 0.250. The van der Waals surface area contributed by atoms with Gasteiger partial charge in [-0.15, -0.1) is 0 Å². The minimum absolute atomic E-state index is 0.204. The largest absolute Gasteiger partial charge is 0.479 e. The number of carboxylic acid groups (broad SMARTS) is 1.